The average molecular weight is 364 g/mol. The van der Waals surface area contributed by atoms with Gasteiger partial charge in [-0.05, 0) is 63.5 Å². The van der Waals surface area contributed by atoms with Gasteiger partial charge in [0, 0.05) is 24.1 Å². The van der Waals surface area contributed by atoms with Crippen LogP contribution in [-0.4, -0.2) is 29.5 Å². The van der Waals surface area contributed by atoms with Gasteiger partial charge in [-0.25, -0.2) is 0 Å². The summed E-state index contributed by atoms with van der Waals surface area (Å²) in [7, 11) is 0. The number of hydrogen-bond acceptors (Lipinski definition) is 3. The van der Waals surface area contributed by atoms with Crippen molar-refractivity contribution < 1.29 is 9.53 Å². The number of amides is 1. The normalized spacial score (nSPS) is 21.3. The maximum atomic E-state index is 12.8. The van der Waals surface area contributed by atoms with E-state index in [4.69, 9.17) is 4.74 Å². The van der Waals surface area contributed by atoms with Crippen molar-refractivity contribution in [1.82, 2.24) is 10.2 Å². The van der Waals surface area contributed by atoms with E-state index in [0.717, 1.165) is 24.3 Å². The first kappa shape index (κ1) is 18.1. The first-order valence-corrected chi connectivity index (χ1v) is 9.90. The molecule has 0 radical (unpaired) electrons. The number of para-hydroxylation sites is 1. The first-order valence-electron chi connectivity index (χ1n) is 9.90. The van der Waals surface area contributed by atoms with Crippen molar-refractivity contribution in [3.63, 3.8) is 0 Å². The van der Waals surface area contributed by atoms with Gasteiger partial charge in [0.05, 0.1) is 6.04 Å². The number of likely N-dealkylation sites (tertiary alicyclic amines) is 1. The van der Waals surface area contributed by atoms with Gasteiger partial charge in [-0.3, -0.25) is 9.69 Å². The predicted molar refractivity (Wildman–Crippen MR) is 107 cm³/mol. The lowest BCUT2D eigenvalue weighted by atomic mass is 9.89. The van der Waals surface area contributed by atoms with Crippen LogP contribution >= 0.6 is 0 Å². The second kappa shape index (κ2) is 7.35. The molecule has 0 spiro atoms. The van der Waals surface area contributed by atoms with E-state index < -0.39 is 0 Å². The van der Waals surface area contributed by atoms with Gasteiger partial charge in [-0.15, -0.1) is 0 Å². The highest BCUT2D eigenvalue weighted by Gasteiger charge is 2.34. The smallest absolute Gasteiger partial charge is 0.251 e. The summed E-state index contributed by atoms with van der Waals surface area (Å²) in [6.45, 7) is 7.47. The molecular formula is C23H28N2O2. The van der Waals surface area contributed by atoms with Gasteiger partial charge >= 0.3 is 0 Å². The molecule has 1 fully saturated rings. The third-order valence-electron chi connectivity index (χ3n) is 5.50. The van der Waals surface area contributed by atoms with Crippen LogP contribution in [0.5, 0.6) is 5.75 Å². The minimum atomic E-state index is -0.300. The molecule has 0 aliphatic carbocycles. The minimum absolute atomic E-state index is 0.0276. The molecule has 27 heavy (non-hydrogen) atoms. The van der Waals surface area contributed by atoms with E-state index in [0.29, 0.717) is 5.56 Å². The lowest BCUT2D eigenvalue weighted by Gasteiger charge is -2.37. The Kier molecular flexibility index (Phi) is 4.92. The molecule has 4 nitrogen and oxygen atoms in total. The van der Waals surface area contributed by atoms with Crippen LogP contribution in [0, 0.1) is 0 Å². The molecule has 2 aromatic carbocycles. The van der Waals surface area contributed by atoms with Crippen molar-refractivity contribution in [3.05, 3.63) is 65.2 Å². The minimum Gasteiger partial charge on any atom is -0.487 e. The Balaban J connectivity index is 1.45. The van der Waals surface area contributed by atoms with Gasteiger partial charge in [0.2, 0.25) is 0 Å². The van der Waals surface area contributed by atoms with Crippen molar-refractivity contribution in [1.29, 1.82) is 0 Å². The fourth-order valence-electron chi connectivity index (χ4n) is 4.13. The van der Waals surface area contributed by atoms with Crippen LogP contribution in [0.2, 0.25) is 0 Å². The number of nitrogens with zero attached hydrogens (tertiary/aromatic N) is 1. The Bertz CT molecular complexity index is 807. The Morgan fingerprint density at radius 3 is 2.56 bits per heavy atom. The molecule has 1 N–H and O–H groups in total. The SMILES string of the molecule is CC1(C)C[C@H](NC(=O)c2ccc(CN3CCCC3)cc2)c2ccccc2O1. The summed E-state index contributed by atoms with van der Waals surface area (Å²) in [4.78, 5) is 15.3. The van der Waals surface area contributed by atoms with Crippen LogP contribution < -0.4 is 10.1 Å². The number of fused-ring (bicyclic) bond motifs is 1. The second-order valence-corrected chi connectivity index (χ2v) is 8.31. The zero-order valence-electron chi connectivity index (χ0n) is 16.2. The van der Waals surface area contributed by atoms with Crippen molar-refractivity contribution in [2.75, 3.05) is 13.1 Å². The van der Waals surface area contributed by atoms with Crippen molar-refractivity contribution in [3.8, 4) is 5.75 Å². The molecule has 0 aromatic heterocycles. The summed E-state index contributed by atoms with van der Waals surface area (Å²) in [5.74, 6) is 0.834. The van der Waals surface area contributed by atoms with E-state index in [1.165, 1.54) is 31.5 Å². The van der Waals surface area contributed by atoms with Gasteiger partial charge < -0.3 is 10.1 Å². The highest BCUT2D eigenvalue weighted by molar-refractivity contribution is 5.94. The number of ether oxygens (including phenoxy) is 1. The Hall–Kier alpha value is -2.33. The van der Waals surface area contributed by atoms with Gasteiger partial charge in [-0.1, -0.05) is 30.3 Å². The van der Waals surface area contributed by atoms with E-state index in [2.05, 4.69) is 36.2 Å². The van der Waals surface area contributed by atoms with Crippen LogP contribution in [0.1, 0.15) is 60.6 Å². The molecule has 4 heteroatoms. The first-order chi connectivity index (χ1) is 13.0. The Morgan fingerprint density at radius 2 is 1.81 bits per heavy atom. The standard InChI is InChI=1S/C23H28N2O2/c1-23(2)15-20(19-7-3-4-8-21(19)27-23)24-22(26)18-11-9-17(10-12-18)16-25-13-5-6-14-25/h3-4,7-12,20H,5-6,13-16H2,1-2H3,(H,24,26)/t20-/m0/s1. The number of benzene rings is 2. The van der Waals surface area contributed by atoms with Gasteiger partial charge in [-0.2, -0.15) is 0 Å². The van der Waals surface area contributed by atoms with Crippen molar-refractivity contribution in [2.45, 2.75) is 51.3 Å². The van der Waals surface area contributed by atoms with E-state index >= 15 is 0 Å². The molecule has 0 unspecified atom stereocenters. The fraction of sp³-hybridized carbons (Fsp3) is 0.435. The van der Waals surface area contributed by atoms with Crippen LogP contribution in [0.25, 0.3) is 0 Å². The average Bonchev–Trinajstić information content (AvgIpc) is 3.14. The lowest BCUT2D eigenvalue weighted by molar-refractivity contribution is 0.0619. The molecule has 2 heterocycles. The van der Waals surface area contributed by atoms with Crippen LogP contribution in [-0.2, 0) is 6.54 Å². The zero-order chi connectivity index (χ0) is 18.9. The maximum absolute atomic E-state index is 12.8. The third-order valence-corrected chi connectivity index (χ3v) is 5.50. The number of carbonyl (C=O) groups excluding carboxylic acids is 1. The Morgan fingerprint density at radius 1 is 1.11 bits per heavy atom. The van der Waals surface area contributed by atoms with Crippen LogP contribution in [0.3, 0.4) is 0 Å². The monoisotopic (exact) mass is 364 g/mol. The molecule has 1 saturated heterocycles. The molecular weight excluding hydrogens is 336 g/mol. The molecule has 142 valence electrons. The van der Waals surface area contributed by atoms with Crippen LogP contribution in [0.4, 0.5) is 0 Å². The number of nitrogens with one attached hydrogen (secondary N) is 1. The lowest BCUT2D eigenvalue weighted by Crippen LogP contribution is -2.41. The summed E-state index contributed by atoms with van der Waals surface area (Å²) in [6, 6.07) is 16.0. The topological polar surface area (TPSA) is 41.6 Å². The van der Waals surface area contributed by atoms with Crippen LogP contribution in [0.15, 0.2) is 48.5 Å². The Labute approximate surface area is 161 Å². The molecule has 4 rings (SSSR count). The molecule has 0 bridgehead atoms. The molecule has 2 aliphatic rings. The van der Waals surface area contributed by atoms with Gasteiger partial charge in [0.15, 0.2) is 0 Å². The number of hydrogen-bond donors (Lipinski definition) is 1. The summed E-state index contributed by atoms with van der Waals surface area (Å²) < 4.78 is 6.06. The highest BCUT2D eigenvalue weighted by atomic mass is 16.5. The largest absolute Gasteiger partial charge is 0.487 e. The molecule has 1 amide bonds. The second-order valence-electron chi connectivity index (χ2n) is 8.31. The van der Waals surface area contributed by atoms with E-state index in [-0.39, 0.29) is 17.6 Å². The molecule has 2 aliphatic heterocycles. The number of carbonyl (C=O) groups is 1. The molecule has 2 aromatic rings. The van der Waals surface area contributed by atoms with E-state index in [1.807, 2.05) is 36.4 Å². The quantitative estimate of drug-likeness (QED) is 0.879. The maximum Gasteiger partial charge on any atom is 0.251 e. The molecule has 0 saturated carbocycles. The summed E-state index contributed by atoms with van der Waals surface area (Å²) in [5, 5.41) is 3.21. The highest BCUT2D eigenvalue weighted by Crippen LogP contribution is 2.39. The third kappa shape index (κ3) is 4.16. The summed E-state index contributed by atoms with van der Waals surface area (Å²) >= 11 is 0. The van der Waals surface area contributed by atoms with Crippen molar-refractivity contribution in [2.24, 2.45) is 0 Å². The van der Waals surface area contributed by atoms with Crippen molar-refractivity contribution >= 4 is 5.91 Å². The summed E-state index contributed by atoms with van der Waals surface area (Å²) in [6.07, 6.45) is 3.34. The number of rotatable bonds is 4. The predicted octanol–water partition coefficient (Wildman–Crippen LogP) is 4.31. The van der Waals surface area contributed by atoms with E-state index in [9.17, 15) is 4.79 Å². The van der Waals surface area contributed by atoms with Gasteiger partial charge in [0.1, 0.15) is 11.4 Å². The molecule has 1 atom stereocenters. The van der Waals surface area contributed by atoms with Gasteiger partial charge in [0.25, 0.3) is 5.91 Å². The zero-order valence-corrected chi connectivity index (χ0v) is 16.2. The van der Waals surface area contributed by atoms with E-state index in [1.54, 1.807) is 0 Å². The summed E-state index contributed by atoms with van der Waals surface area (Å²) in [5.41, 5.74) is 2.73. The fourth-order valence-corrected chi connectivity index (χ4v) is 4.13.